The van der Waals surface area contributed by atoms with Crippen molar-refractivity contribution < 1.29 is 14.4 Å². The molecule has 4 rings (SSSR count). The highest BCUT2D eigenvalue weighted by atomic mass is 32.2. The summed E-state index contributed by atoms with van der Waals surface area (Å²) in [6, 6.07) is 10.1. The number of thiazole rings is 1. The Hall–Kier alpha value is -1.45. The van der Waals surface area contributed by atoms with E-state index >= 15 is 0 Å². The summed E-state index contributed by atoms with van der Waals surface area (Å²) in [5.41, 5.74) is 0.954. The predicted molar refractivity (Wildman–Crippen MR) is 114 cm³/mol. The number of hydrogen-bond acceptors (Lipinski definition) is 6. The largest absolute Gasteiger partial charge is 0.370 e. The summed E-state index contributed by atoms with van der Waals surface area (Å²) >= 11 is 4.80. The maximum atomic E-state index is 13.1. The summed E-state index contributed by atoms with van der Waals surface area (Å²) in [5.74, 6) is 0.0433. The van der Waals surface area contributed by atoms with Crippen LogP contribution in [0.4, 0.5) is 5.13 Å². The van der Waals surface area contributed by atoms with Crippen LogP contribution in [0.25, 0.3) is 10.2 Å². The second-order valence-corrected chi connectivity index (χ2v) is 9.21. The number of thiophene rings is 1. The molecule has 0 bridgehead atoms. The molecule has 8 heteroatoms. The molecule has 0 saturated carbocycles. The number of benzene rings is 1. The summed E-state index contributed by atoms with van der Waals surface area (Å²) in [6.45, 7) is 5.17. The van der Waals surface area contributed by atoms with Gasteiger partial charge in [0.15, 0.2) is 5.13 Å². The number of anilines is 1. The van der Waals surface area contributed by atoms with E-state index in [1.165, 1.54) is 21.1 Å². The molecule has 1 N–H and O–H groups in total. The van der Waals surface area contributed by atoms with Crippen molar-refractivity contribution in [1.82, 2.24) is 4.98 Å². The molecular formula is C19H22N3O2S3+. The van der Waals surface area contributed by atoms with Gasteiger partial charge < -0.3 is 9.64 Å². The number of morpholine rings is 1. The van der Waals surface area contributed by atoms with Crippen molar-refractivity contribution in [1.29, 1.82) is 0 Å². The van der Waals surface area contributed by atoms with Crippen molar-refractivity contribution in [3.63, 3.8) is 0 Å². The van der Waals surface area contributed by atoms with Crippen molar-refractivity contribution in [3.8, 4) is 0 Å². The van der Waals surface area contributed by atoms with Crippen LogP contribution in [0.2, 0.25) is 0 Å². The fraction of sp³-hybridized carbons (Fsp3) is 0.368. The van der Waals surface area contributed by atoms with Gasteiger partial charge in [-0.25, -0.2) is 4.98 Å². The molecule has 3 aromatic rings. The minimum atomic E-state index is 0.0433. The molecule has 142 valence electrons. The average Bonchev–Trinajstić information content (AvgIpc) is 3.38. The Morgan fingerprint density at radius 3 is 2.93 bits per heavy atom. The first-order chi connectivity index (χ1) is 13.2. The standard InChI is InChI=1S/C19H21N3O2S3/c1-25-14-4-5-15-17(13-14)27-19(20-15)22(18(23)16-3-2-12-26-16)7-6-21-8-10-24-11-9-21/h2-5,12-13H,6-11H2,1H3/p+1. The van der Waals surface area contributed by atoms with E-state index in [1.807, 2.05) is 28.5 Å². The van der Waals surface area contributed by atoms with Crippen LogP contribution in [0, 0.1) is 0 Å². The lowest BCUT2D eigenvalue weighted by Gasteiger charge is -2.26. The van der Waals surface area contributed by atoms with Crippen molar-refractivity contribution >= 4 is 55.7 Å². The van der Waals surface area contributed by atoms with Gasteiger partial charge in [0.05, 0.1) is 41.4 Å². The molecule has 1 aliphatic rings. The highest BCUT2D eigenvalue weighted by Crippen LogP contribution is 2.32. The van der Waals surface area contributed by atoms with E-state index in [4.69, 9.17) is 9.72 Å². The lowest BCUT2D eigenvalue weighted by Crippen LogP contribution is -3.14. The minimum absolute atomic E-state index is 0.0433. The van der Waals surface area contributed by atoms with Crippen LogP contribution >= 0.6 is 34.4 Å². The van der Waals surface area contributed by atoms with Gasteiger partial charge in [-0.2, -0.15) is 0 Å². The molecule has 0 aliphatic carbocycles. The first-order valence-corrected chi connectivity index (χ1v) is 11.9. The lowest BCUT2D eigenvalue weighted by molar-refractivity contribution is -0.906. The number of rotatable bonds is 6. The highest BCUT2D eigenvalue weighted by Gasteiger charge is 2.24. The smallest absolute Gasteiger partial charge is 0.270 e. The summed E-state index contributed by atoms with van der Waals surface area (Å²) in [6.07, 6.45) is 2.07. The molecule has 27 heavy (non-hydrogen) atoms. The monoisotopic (exact) mass is 420 g/mol. The highest BCUT2D eigenvalue weighted by molar-refractivity contribution is 7.98. The molecule has 1 aromatic carbocycles. The zero-order valence-electron chi connectivity index (χ0n) is 15.1. The van der Waals surface area contributed by atoms with Gasteiger partial charge in [-0.1, -0.05) is 17.4 Å². The molecular weight excluding hydrogens is 398 g/mol. The van der Waals surface area contributed by atoms with E-state index in [0.29, 0.717) is 6.54 Å². The molecule has 1 amide bonds. The number of carbonyl (C=O) groups is 1. The zero-order valence-corrected chi connectivity index (χ0v) is 17.6. The van der Waals surface area contributed by atoms with Crippen molar-refractivity contribution in [2.75, 3.05) is 50.5 Å². The van der Waals surface area contributed by atoms with E-state index in [9.17, 15) is 4.79 Å². The number of nitrogens with zero attached hydrogens (tertiary/aromatic N) is 2. The predicted octanol–water partition coefficient (Wildman–Crippen LogP) is 2.64. The summed E-state index contributed by atoms with van der Waals surface area (Å²) in [7, 11) is 0. The maximum Gasteiger partial charge on any atom is 0.270 e. The van der Waals surface area contributed by atoms with Crippen molar-refractivity contribution in [2.45, 2.75) is 4.90 Å². The van der Waals surface area contributed by atoms with Crippen molar-refractivity contribution in [3.05, 3.63) is 40.6 Å². The Labute approximate surface area is 171 Å². The topological polar surface area (TPSA) is 46.9 Å². The lowest BCUT2D eigenvalue weighted by atomic mass is 10.3. The SMILES string of the molecule is CSc1ccc2nc(N(CC[NH+]3CCOCC3)C(=O)c3cccs3)sc2c1. The molecule has 5 nitrogen and oxygen atoms in total. The molecule has 0 radical (unpaired) electrons. The first kappa shape index (κ1) is 18.9. The number of ether oxygens (including phenoxy) is 1. The Morgan fingerprint density at radius 2 is 2.19 bits per heavy atom. The quantitative estimate of drug-likeness (QED) is 0.623. The Morgan fingerprint density at radius 1 is 1.33 bits per heavy atom. The van der Waals surface area contributed by atoms with Gasteiger partial charge in [-0.05, 0) is 35.9 Å². The van der Waals surface area contributed by atoms with Gasteiger partial charge in [0.2, 0.25) is 0 Å². The minimum Gasteiger partial charge on any atom is -0.370 e. The van der Waals surface area contributed by atoms with E-state index < -0.39 is 0 Å². The first-order valence-electron chi connectivity index (χ1n) is 8.96. The third kappa shape index (κ3) is 4.35. The number of fused-ring (bicyclic) bond motifs is 1. The van der Waals surface area contributed by atoms with Crippen LogP contribution in [0.5, 0.6) is 0 Å². The third-order valence-electron chi connectivity index (χ3n) is 4.68. The molecule has 0 spiro atoms. The van der Waals surface area contributed by atoms with Crippen LogP contribution in [-0.4, -0.2) is 56.5 Å². The summed E-state index contributed by atoms with van der Waals surface area (Å²) < 4.78 is 6.57. The van der Waals surface area contributed by atoms with E-state index in [1.54, 1.807) is 23.1 Å². The average molecular weight is 421 g/mol. The number of carbonyl (C=O) groups excluding carboxylic acids is 1. The maximum absolute atomic E-state index is 13.1. The fourth-order valence-electron chi connectivity index (χ4n) is 3.13. The Kier molecular flexibility index (Phi) is 6.09. The number of nitrogens with one attached hydrogen (secondary N) is 1. The molecule has 0 atom stereocenters. The number of hydrogen-bond donors (Lipinski definition) is 1. The fourth-order valence-corrected chi connectivity index (χ4v) is 5.35. The molecule has 1 fully saturated rings. The Bertz CT molecular complexity index is 904. The molecule has 2 aromatic heterocycles. The van der Waals surface area contributed by atoms with Gasteiger partial charge in [-0.15, -0.1) is 23.1 Å². The summed E-state index contributed by atoms with van der Waals surface area (Å²) in [5, 5.41) is 2.73. The van der Waals surface area contributed by atoms with Crippen LogP contribution in [0.1, 0.15) is 9.67 Å². The summed E-state index contributed by atoms with van der Waals surface area (Å²) in [4.78, 5) is 23.2. The van der Waals surface area contributed by atoms with Crippen molar-refractivity contribution in [2.24, 2.45) is 0 Å². The second-order valence-electron chi connectivity index (χ2n) is 6.38. The number of amides is 1. The van der Waals surface area contributed by atoms with Gasteiger partial charge >= 0.3 is 0 Å². The van der Waals surface area contributed by atoms with E-state index in [-0.39, 0.29) is 5.91 Å². The van der Waals surface area contributed by atoms with Crippen LogP contribution in [0.3, 0.4) is 0 Å². The van der Waals surface area contributed by atoms with Gasteiger partial charge in [0.25, 0.3) is 5.91 Å². The molecule has 1 aliphatic heterocycles. The van der Waals surface area contributed by atoms with Gasteiger partial charge in [0, 0.05) is 4.90 Å². The number of quaternary nitrogens is 1. The van der Waals surface area contributed by atoms with Gasteiger partial charge in [-0.3, -0.25) is 9.69 Å². The van der Waals surface area contributed by atoms with E-state index in [0.717, 1.165) is 53.1 Å². The van der Waals surface area contributed by atoms with Crippen LogP contribution < -0.4 is 9.80 Å². The van der Waals surface area contributed by atoms with Gasteiger partial charge in [0.1, 0.15) is 13.1 Å². The van der Waals surface area contributed by atoms with E-state index in [2.05, 4.69) is 18.4 Å². The third-order valence-corrected chi connectivity index (χ3v) is 7.31. The molecule has 3 heterocycles. The second kappa shape index (κ2) is 8.70. The zero-order chi connectivity index (χ0) is 18.6. The molecule has 1 saturated heterocycles. The molecule has 0 unspecified atom stereocenters. The number of aromatic nitrogens is 1. The Balaban J connectivity index is 1.61. The normalized spacial score (nSPS) is 15.3. The van der Waals surface area contributed by atoms with Crippen LogP contribution in [0.15, 0.2) is 40.6 Å². The van der Waals surface area contributed by atoms with Crippen LogP contribution in [-0.2, 0) is 4.74 Å². The number of thioether (sulfide) groups is 1.